The second-order valence-corrected chi connectivity index (χ2v) is 11.0. The summed E-state index contributed by atoms with van der Waals surface area (Å²) in [5.74, 6) is -0.944. The van der Waals surface area contributed by atoms with Gasteiger partial charge in [0.1, 0.15) is 5.82 Å². The molecule has 2 aliphatic heterocycles. The van der Waals surface area contributed by atoms with Gasteiger partial charge in [0.15, 0.2) is 0 Å². The highest BCUT2D eigenvalue weighted by Gasteiger charge is 2.35. The first-order valence-electron chi connectivity index (χ1n) is 13.9. The number of carbonyl (C=O) groups is 1. The second-order valence-electron chi connectivity index (χ2n) is 11.0. The van der Waals surface area contributed by atoms with Crippen molar-refractivity contribution in [3.05, 3.63) is 77.6 Å². The SMILES string of the molecule is Cc1ccc(Cc2ccccc2-c2nccn2CCC(=O)N2CCC(CN3CCC(F)(F)CC3)CC2)cc1. The van der Waals surface area contributed by atoms with Gasteiger partial charge in [-0.05, 0) is 43.2 Å². The molecule has 2 fully saturated rings. The van der Waals surface area contributed by atoms with Gasteiger partial charge in [-0.1, -0.05) is 54.1 Å². The van der Waals surface area contributed by atoms with Crippen LogP contribution in [0.5, 0.6) is 0 Å². The summed E-state index contributed by atoms with van der Waals surface area (Å²) in [5, 5.41) is 0. The molecule has 5 rings (SSSR count). The van der Waals surface area contributed by atoms with Gasteiger partial charge in [0.2, 0.25) is 5.91 Å². The molecule has 0 N–H and O–H groups in total. The molecule has 38 heavy (non-hydrogen) atoms. The number of imidazole rings is 1. The van der Waals surface area contributed by atoms with E-state index in [2.05, 4.69) is 63.8 Å². The van der Waals surface area contributed by atoms with E-state index in [0.29, 0.717) is 32.0 Å². The lowest BCUT2D eigenvalue weighted by molar-refractivity contribution is -0.133. The van der Waals surface area contributed by atoms with Gasteiger partial charge < -0.3 is 14.4 Å². The number of amides is 1. The van der Waals surface area contributed by atoms with Crippen LogP contribution >= 0.6 is 0 Å². The fourth-order valence-electron chi connectivity index (χ4n) is 5.72. The van der Waals surface area contributed by atoms with Crippen LogP contribution in [-0.2, 0) is 17.8 Å². The molecule has 7 heteroatoms. The number of likely N-dealkylation sites (tertiary alicyclic amines) is 2. The number of carbonyl (C=O) groups excluding carboxylic acids is 1. The summed E-state index contributed by atoms with van der Waals surface area (Å²) < 4.78 is 29.0. The number of rotatable bonds is 8. The number of alkyl halides is 2. The highest BCUT2D eigenvalue weighted by molar-refractivity contribution is 5.76. The van der Waals surface area contributed by atoms with Gasteiger partial charge >= 0.3 is 0 Å². The second kappa shape index (κ2) is 11.8. The zero-order chi connectivity index (χ0) is 26.5. The quantitative estimate of drug-likeness (QED) is 0.377. The van der Waals surface area contributed by atoms with Crippen molar-refractivity contribution in [3.8, 4) is 11.4 Å². The summed E-state index contributed by atoms with van der Waals surface area (Å²) >= 11 is 0. The third-order valence-corrected chi connectivity index (χ3v) is 8.13. The minimum Gasteiger partial charge on any atom is -0.343 e. The summed E-state index contributed by atoms with van der Waals surface area (Å²) in [4.78, 5) is 21.8. The molecule has 3 heterocycles. The average Bonchev–Trinajstić information content (AvgIpc) is 3.39. The highest BCUT2D eigenvalue weighted by Crippen LogP contribution is 2.29. The maximum Gasteiger partial charge on any atom is 0.250 e. The first-order valence-corrected chi connectivity index (χ1v) is 13.9. The number of nitrogens with zero attached hydrogens (tertiary/aromatic N) is 4. The topological polar surface area (TPSA) is 41.4 Å². The first kappa shape index (κ1) is 26.5. The van der Waals surface area contributed by atoms with Crippen molar-refractivity contribution >= 4 is 5.91 Å². The molecule has 0 atom stereocenters. The highest BCUT2D eigenvalue weighted by atomic mass is 19.3. The van der Waals surface area contributed by atoms with E-state index in [0.717, 1.165) is 50.3 Å². The number of hydrogen-bond donors (Lipinski definition) is 0. The van der Waals surface area contributed by atoms with Gasteiger partial charge in [0, 0.05) is 76.5 Å². The van der Waals surface area contributed by atoms with Crippen LogP contribution in [-0.4, -0.2) is 63.9 Å². The van der Waals surface area contributed by atoms with Gasteiger partial charge in [-0.2, -0.15) is 0 Å². The van der Waals surface area contributed by atoms with Gasteiger partial charge in [0.25, 0.3) is 5.92 Å². The van der Waals surface area contributed by atoms with E-state index in [1.54, 1.807) is 0 Å². The summed E-state index contributed by atoms with van der Waals surface area (Å²) in [6.07, 6.45) is 6.87. The molecule has 5 nitrogen and oxygen atoms in total. The van der Waals surface area contributed by atoms with Gasteiger partial charge in [-0.3, -0.25) is 4.79 Å². The summed E-state index contributed by atoms with van der Waals surface area (Å²) in [6.45, 7) is 6.03. The van der Waals surface area contributed by atoms with Crippen molar-refractivity contribution < 1.29 is 13.6 Å². The fraction of sp³-hybridized carbons (Fsp3) is 0.484. The van der Waals surface area contributed by atoms with Crippen LogP contribution in [0.15, 0.2) is 60.9 Å². The molecule has 3 aromatic rings. The molecule has 0 saturated carbocycles. The third-order valence-electron chi connectivity index (χ3n) is 8.13. The molecule has 1 amide bonds. The van der Waals surface area contributed by atoms with Crippen molar-refractivity contribution in [1.82, 2.24) is 19.4 Å². The molecule has 2 aromatic carbocycles. The van der Waals surface area contributed by atoms with E-state index in [1.807, 2.05) is 23.4 Å². The molecule has 0 aliphatic carbocycles. The minimum atomic E-state index is -2.50. The van der Waals surface area contributed by atoms with Crippen LogP contribution < -0.4 is 0 Å². The summed E-state index contributed by atoms with van der Waals surface area (Å²) in [5.41, 5.74) is 4.83. The van der Waals surface area contributed by atoms with Crippen molar-refractivity contribution in [1.29, 1.82) is 0 Å². The number of piperidine rings is 2. The van der Waals surface area contributed by atoms with E-state index >= 15 is 0 Å². The predicted molar refractivity (Wildman–Crippen MR) is 146 cm³/mol. The Bertz CT molecular complexity index is 1200. The molecule has 0 spiro atoms. The van der Waals surface area contributed by atoms with E-state index < -0.39 is 5.92 Å². The molecular weight excluding hydrogens is 482 g/mol. The zero-order valence-corrected chi connectivity index (χ0v) is 22.3. The van der Waals surface area contributed by atoms with Crippen LogP contribution in [0.3, 0.4) is 0 Å². The Hall–Kier alpha value is -3.06. The Morgan fingerprint density at radius 2 is 1.71 bits per heavy atom. The molecule has 0 radical (unpaired) electrons. The van der Waals surface area contributed by atoms with E-state index in [-0.39, 0.29) is 18.7 Å². The zero-order valence-electron chi connectivity index (χ0n) is 22.3. The Kier molecular flexibility index (Phi) is 8.22. The van der Waals surface area contributed by atoms with Crippen LogP contribution in [0.2, 0.25) is 0 Å². The number of hydrogen-bond acceptors (Lipinski definition) is 3. The molecule has 202 valence electrons. The van der Waals surface area contributed by atoms with Gasteiger partial charge in [0.05, 0.1) is 0 Å². The van der Waals surface area contributed by atoms with Gasteiger partial charge in [-0.15, -0.1) is 0 Å². The van der Waals surface area contributed by atoms with Crippen molar-refractivity contribution in [3.63, 3.8) is 0 Å². The summed E-state index contributed by atoms with van der Waals surface area (Å²) in [6, 6.07) is 17.0. The molecule has 0 bridgehead atoms. The maximum absolute atomic E-state index is 13.4. The lowest BCUT2D eigenvalue weighted by atomic mass is 9.94. The van der Waals surface area contributed by atoms with E-state index in [4.69, 9.17) is 0 Å². The Balaban J connectivity index is 1.14. The average molecular weight is 521 g/mol. The molecule has 2 aliphatic rings. The number of aromatic nitrogens is 2. The van der Waals surface area contributed by atoms with Crippen LogP contribution in [0, 0.1) is 12.8 Å². The Morgan fingerprint density at radius 1 is 1.00 bits per heavy atom. The van der Waals surface area contributed by atoms with Crippen LogP contribution in [0.25, 0.3) is 11.4 Å². The normalized spacial score (nSPS) is 18.6. The van der Waals surface area contributed by atoms with E-state index in [9.17, 15) is 13.6 Å². The molecule has 0 unspecified atom stereocenters. The van der Waals surface area contributed by atoms with E-state index in [1.165, 1.54) is 16.7 Å². The number of benzene rings is 2. The third kappa shape index (κ3) is 6.68. The fourth-order valence-corrected chi connectivity index (χ4v) is 5.72. The predicted octanol–water partition coefficient (Wildman–Crippen LogP) is 5.81. The summed E-state index contributed by atoms with van der Waals surface area (Å²) in [7, 11) is 0. The number of aryl methyl sites for hydroxylation is 2. The first-order chi connectivity index (χ1) is 18.4. The van der Waals surface area contributed by atoms with Crippen molar-refractivity contribution in [2.45, 2.75) is 57.9 Å². The van der Waals surface area contributed by atoms with Crippen LogP contribution in [0.1, 0.15) is 48.8 Å². The monoisotopic (exact) mass is 520 g/mol. The largest absolute Gasteiger partial charge is 0.343 e. The molecule has 1 aromatic heterocycles. The number of halogens is 2. The van der Waals surface area contributed by atoms with Crippen molar-refractivity contribution in [2.24, 2.45) is 5.92 Å². The smallest absolute Gasteiger partial charge is 0.250 e. The molecule has 2 saturated heterocycles. The van der Waals surface area contributed by atoms with Crippen molar-refractivity contribution in [2.75, 3.05) is 32.7 Å². The van der Waals surface area contributed by atoms with Gasteiger partial charge in [-0.25, -0.2) is 13.8 Å². The minimum absolute atomic E-state index is 0.0308. The Labute approximate surface area is 224 Å². The van der Waals surface area contributed by atoms with Crippen LogP contribution in [0.4, 0.5) is 8.78 Å². The lowest BCUT2D eigenvalue weighted by Gasteiger charge is -2.37. The molecular formula is C31H38F2N4O. The Morgan fingerprint density at radius 3 is 2.45 bits per heavy atom. The lowest BCUT2D eigenvalue weighted by Crippen LogP contribution is -2.45. The maximum atomic E-state index is 13.4. The standard InChI is InChI=1S/C31H38F2N4O/c1-24-6-8-25(9-7-24)22-27-4-2-3-5-28(27)30-34-15-21-37(30)18-12-29(38)36-16-10-26(11-17-36)23-35-19-13-31(32,33)14-20-35/h2-9,15,21,26H,10-14,16-20,22-23H2,1H3.